The van der Waals surface area contributed by atoms with E-state index in [1.54, 1.807) is 30.5 Å². The van der Waals surface area contributed by atoms with Crippen LogP contribution >= 0.6 is 11.3 Å². The van der Waals surface area contributed by atoms with Gasteiger partial charge in [0.15, 0.2) is 0 Å². The second kappa shape index (κ2) is 8.01. The van der Waals surface area contributed by atoms with E-state index >= 15 is 0 Å². The first-order valence-electron chi connectivity index (χ1n) is 7.63. The molecule has 0 aliphatic carbocycles. The minimum absolute atomic E-state index is 0.0365. The number of carboxylic acid groups (broad SMARTS) is 1. The molecule has 1 heterocycles. The molecule has 0 saturated heterocycles. The summed E-state index contributed by atoms with van der Waals surface area (Å²) in [5.41, 5.74) is 0.876. The number of carbonyl (C=O) groups is 2. The van der Waals surface area contributed by atoms with Crippen molar-refractivity contribution in [1.29, 1.82) is 0 Å². The van der Waals surface area contributed by atoms with Crippen LogP contribution in [0.4, 0.5) is 4.39 Å². The number of carboxylic acids is 1. The monoisotopic (exact) mass is 350 g/mol. The number of hydrogen-bond donors (Lipinski definition) is 2. The van der Waals surface area contributed by atoms with Crippen molar-refractivity contribution in [3.8, 4) is 10.6 Å². The van der Waals surface area contributed by atoms with Gasteiger partial charge in [-0.05, 0) is 18.1 Å². The number of benzene rings is 1. The molecule has 2 atom stereocenters. The van der Waals surface area contributed by atoms with Crippen molar-refractivity contribution in [3.63, 3.8) is 0 Å². The molecule has 0 radical (unpaired) electrons. The maximum absolute atomic E-state index is 13.8. The third-order valence-electron chi connectivity index (χ3n) is 3.79. The lowest BCUT2D eigenvalue weighted by atomic mass is 9.99. The Morgan fingerprint density at radius 2 is 2.08 bits per heavy atom. The smallest absolute Gasteiger partial charge is 0.326 e. The Labute approximate surface area is 143 Å². The first kappa shape index (κ1) is 18.1. The first-order chi connectivity index (χ1) is 11.4. The van der Waals surface area contributed by atoms with Crippen LogP contribution < -0.4 is 5.32 Å². The third kappa shape index (κ3) is 4.38. The predicted molar refractivity (Wildman–Crippen MR) is 90.2 cm³/mol. The lowest BCUT2D eigenvalue weighted by molar-refractivity contribution is -0.143. The second-order valence-corrected chi connectivity index (χ2v) is 6.43. The van der Waals surface area contributed by atoms with Gasteiger partial charge in [-0.3, -0.25) is 4.79 Å². The summed E-state index contributed by atoms with van der Waals surface area (Å²) in [4.78, 5) is 27.6. The van der Waals surface area contributed by atoms with Gasteiger partial charge in [0.25, 0.3) is 0 Å². The number of aliphatic carboxylic acids is 1. The van der Waals surface area contributed by atoms with E-state index in [-0.39, 0.29) is 18.2 Å². The number of hydrogen-bond acceptors (Lipinski definition) is 4. The van der Waals surface area contributed by atoms with E-state index in [9.17, 15) is 19.1 Å². The van der Waals surface area contributed by atoms with Crippen molar-refractivity contribution >= 4 is 23.2 Å². The molecule has 1 aromatic heterocycles. The van der Waals surface area contributed by atoms with Gasteiger partial charge in [0.1, 0.15) is 16.9 Å². The van der Waals surface area contributed by atoms with Crippen molar-refractivity contribution in [2.75, 3.05) is 0 Å². The van der Waals surface area contributed by atoms with Gasteiger partial charge < -0.3 is 10.4 Å². The van der Waals surface area contributed by atoms with Crippen LogP contribution in [0.15, 0.2) is 29.6 Å². The fourth-order valence-electron chi connectivity index (χ4n) is 2.22. The van der Waals surface area contributed by atoms with E-state index in [2.05, 4.69) is 10.3 Å². The Bertz CT molecular complexity index is 732. The summed E-state index contributed by atoms with van der Waals surface area (Å²) in [7, 11) is 0. The molecular formula is C17H19FN2O3S. The van der Waals surface area contributed by atoms with Crippen molar-refractivity contribution in [3.05, 3.63) is 41.2 Å². The van der Waals surface area contributed by atoms with Gasteiger partial charge in [0, 0.05) is 10.9 Å². The molecule has 1 aromatic carbocycles. The first-order valence-corrected chi connectivity index (χ1v) is 8.51. The van der Waals surface area contributed by atoms with Gasteiger partial charge in [-0.15, -0.1) is 11.3 Å². The molecule has 24 heavy (non-hydrogen) atoms. The fourth-order valence-corrected chi connectivity index (χ4v) is 3.06. The normalized spacial score (nSPS) is 13.3. The van der Waals surface area contributed by atoms with E-state index in [4.69, 9.17) is 0 Å². The molecule has 2 N–H and O–H groups in total. The van der Waals surface area contributed by atoms with E-state index < -0.39 is 17.9 Å². The predicted octanol–water partition coefficient (Wildman–Crippen LogP) is 3.11. The summed E-state index contributed by atoms with van der Waals surface area (Å²) in [5.74, 6) is -2.00. The van der Waals surface area contributed by atoms with Crippen LogP contribution in [0.3, 0.4) is 0 Å². The maximum Gasteiger partial charge on any atom is 0.326 e. The highest BCUT2D eigenvalue weighted by Gasteiger charge is 2.25. The average Bonchev–Trinajstić information content (AvgIpc) is 3.00. The highest BCUT2D eigenvalue weighted by atomic mass is 32.1. The molecule has 2 rings (SSSR count). The van der Waals surface area contributed by atoms with Gasteiger partial charge in [0.2, 0.25) is 5.91 Å². The molecule has 2 aromatic rings. The number of amides is 1. The number of carbonyl (C=O) groups excluding carboxylic acids is 1. The van der Waals surface area contributed by atoms with Crippen LogP contribution in [-0.2, 0) is 16.0 Å². The summed E-state index contributed by atoms with van der Waals surface area (Å²) in [6.07, 6.45) is 0.608. The summed E-state index contributed by atoms with van der Waals surface area (Å²) in [6.45, 7) is 3.64. The molecule has 0 bridgehead atoms. The minimum atomic E-state index is -1.05. The molecule has 0 unspecified atom stereocenters. The van der Waals surface area contributed by atoms with Gasteiger partial charge in [-0.2, -0.15) is 0 Å². The Morgan fingerprint density at radius 1 is 1.38 bits per heavy atom. The highest BCUT2D eigenvalue weighted by molar-refractivity contribution is 7.13. The van der Waals surface area contributed by atoms with Crippen molar-refractivity contribution in [1.82, 2.24) is 10.3 Å². The molecule has 0 aliphatic rings. The standard InChI is InChI=1S/C17H19FN2O3S/c1-3-10(2)15(17(22)23)20-14(21)8-11-9-24-16(19-11)12-6-4-5-7-13(12)18/h4-7,9-10,15H,3,8H2,1-2H3,(H,20,21)(H,22,23)/t10-,15-/m0/s1. The Kier molecular flexibility index (Phi) is 6.03. The van der Waals surface area contributed by atoms with Crippen LogP contribution in [-0.4, -0.2) is 28.0 Å². The second-order valence-electron chi connectivity index (χ2n) is 5.57. The van der Waals surface area contributed by atoms with Gasteiger partial charge in [-0.1, -0.05) is 32.4 Å². The molecule has 128 valence electrons. The molecule has 5 nitrogen and oxygen atoms in total. The molecule has 7 heteroatoms. The average molecular weight is 350 g/mol. The molecule has 0 aliphatic heterocycles. The summed E-state index contributed by atoms with van der Waals surface area (Å²) in [6, 6.07) is 5.37. The molecule has 0 saturated carbocycles. The van der Waals surface area contributed by atoms with Crippen LogP contribution in [0.1, 0.15) is 26.0 Å². The lowest BCUT2D eigenvalue weighted by Gasteiger charge is -2.19. The van der Waals surface area contributed by atoms with Crippen molar-refractivity contribution < 1.29 is 19.1 Å². The Hall–Kier alpha value is -2.28. The van der Waals surface area contributed by atoms with Gasteiger partial charge >= 0.3 is 5.97 Å². The van der Waals surface area contributed by atoms with Gasteiger partial charge in [0.05, 0.1) is 12.1 Å². The van der Waals surface area contributed by atoms with E-state index in [1.165, 1.54) is 17.4 Å². The number of nitrogens with zero attached hydrogens (tertiary/aromatic N) is 1. The number of aromatic nitrogens is 1. The largest absolute Gasteiger partial charge is 0.480 e. The third-order valence-corrected chi connectivity index (χ3v) is 4.72. The number of nitrogens with one attached hydrogen (secondary N) is 1. The van der Waals surface area contributed by atoms with Crippen LogP contribution in [0.25, 0.3) is 10.6 Å². The summed E-state index contributed by atoms with van der Waals surface area (Å²) in [5, 5.41) is 13.9. The zero-order valence-electron chi connectivity index (χ0n) is 13.5. The fraction of sp³-hybridized carbons (Fsp3) is 0.353. The summed E-state index contributed by atoms with van der Waals surface area (Å²) < 4.78 is 13.8. The molecule has 1 amide bonds. The van der Waals surface area contributed by atoms with E-state index in [0.29, 0.717) is 22.7 Å². The number of thiazole rings is 1. The molecule has 0 fully saturated rings. The molecular weight excluding hydrogens is 331 g/mol. The van der Waals surface area contributed by atoms with Crippen molar-refractivity contribution in [2.45, 2.75) is 32.7 Å². The Balaban J connectivity index is 2.05. The number of rotatable bonds is 7. The van der Waals surface area contributed by atoms with Crippen LogP contribution in [0.2, 0.25) is 0 Å². The highest BCUT2D eigenvalue weighted by Crippen LogP contribution is 2.26. The van der Waals surface area contributed by atoms with Crippen molar-refractivity contribution in [2.24, 2.45) is 5.92 Å². The maximum atomic E-state index is 13.8. The molecule has 0 spiro atoms. The zero-order chi connectivity index (χ0) is 17.7. The quantitative estimate of drug-likeness (QED) is 0.804. The van der Waals surface area contributed by atoms with E-state index in [0.717, 1.165) is 0 Å². The summed E-state index contributed by atoms with van der Waals surface area (Å²) >= 11 is 1.25. The SMILES string of the molecule is CC[C@H](C)[C@H](NC(=O)Cc1csc(-c2ccccc2F)n1)C(=O)O. The number of halogens is 1. The topological polar surface area (TPSA) is 79.3 Å². The lowest BCUT2D eigenvalue weighted by Crippen LogP contribution is -2.45. The zero-order valence-corrected chi connectivity index (χ0v) is 14.3. The Morgan fingerprint density at radius 3 is 2.71 bits per heavy atom. The van der Waals surface area contributed by atoms with E-state index in [1.807, 2.05) is 6.92 Å². The van der Waals surface area contributed by atoms with Gasteiger partial charge in [-0.25, -0.2) is 14.2 Å². The van der Waals surface area contributed by atoms with Crippen LogP contribution in [0.5, 0.6) is 0 Å². The minimum Gasteiger partial charge on any atom is -0.480 e. The van der Waals surface area contributed by atoms with Crippen LogP contribution in [0, 0.1) is 11.7 Å².